The molecule has 0 saturated carbocycles. The summed E-state index contributed by atoms with van der Waals surface area (Å²) in [4.78, 5) is 40.5. The minimum Gasteiger partial charge on any atom is -0.309 e. The lowest BCUT2D eigenvalue weighted by atomic mass is 10.1. The largest absolute Gasteiger partial charge is 0.309 e. The standard InChI is InChI=1S/C24H24N4O2S2/c1-3-12-28-23(30)19-15-9-5-4-6-11-17(15)32-22(19)27-24(28)31-13-18-25-20-14(2)8-7-10-16(20)21(29)26-18/h3,7-8,10H,1,4-6,9,11-13H2,2H3,(H,25,26,29). The number of rotatable bonds is 5. The maximum atomic E-state index is 13.5. The van der Waals surface area contributed by atoms with Crippen LogP contribution >= 0.6 is 23.1 Å². The van der Waals surface area contributed by atoms with Crippen LogP contribution in [0.4, 0.5) is 0 Å². The van der Waals surface area contributed by atoms with E-state index in [2.05, 4.69) is 16.5 Å². The number of allylic oxidation sites excluding steroid dienone is 1. The molecule has 1 aliphatic carbocycles. The minimum absolute atomic E-state index is 0.00704. The first kappa shape index (κ1) is 21.2. The van der Waals surface area contributed by atoms with E-state index in [0.717, 1.165) is 35.0 Å². The fourth-order valence-electron chi connectivity index (χ4n) is 4.35. The predicted octanol–water partition coefficient (Wildman–Crippen LogP) is 4.75. The molecule has 164 valence electrons. The van der Waals surface area contributed by atoms with E-state index < -0.39 is 0 Å². The van der Waals surface area contributed by atoms with E-state index in [9.17, 15) is 9.59 Å². The van der Waals surface area contributed by atoms with Crippen LogP contribution in [-0.2, 0) is 25.1 Å². The van der Waals surface area contributed by atoms with Crippen LogP contribution in [0.5, 0.6) is 0 Å². The molecular formula is C24H24N4O2S2. The lowest BCUT2D eigenvalue weighted by molar-refractivity contribution is 0.671. The van der Waals surface area contributed by atoms with Gasteiger partial charge in [-0.1, -0.05) is 36.4 Å². The molecule has 1 aromatic carbocycles. The molecule has 0 spiro atoms. The zero-order valence-corrected chi connectivity index (χ0v) is 19.6. The van der Waals surface area contributed by atoms with Gasteiger partial charge < -0.3 is 4.98 Å². The number of aromatic nitrogens is 4. The molecule has 3 aromatic heterocycles. The molecule has 4 aromatic rings. The van der Waals surface area contributed by atoms with Crippen LogP contribution in [0.1, 0.15) is 41.1 Å². The first-order valence-corrected chi connectivity index (χ1v) is 12.6. The van der Waals surface area contributed by atoms with Gasteiger partial charge in [0.25, 0.3) is 11.1 Å². The van der Waals surface area contributed by atoms with Crippen LogP contribution in [0, 0.1) is 6.92 Å². The van der Waals surface area contributed by atoms with E-state index in [1.54, 1.807) is 28.0 Å². The number of aryl methyl sites for hydroxylation is 3. The van der Waals surface area contributed by atoms with E-state index in [1.807, 2.05) is 19.1 Å². The second kappa shape index (κ2) is 8.67. The zero-order chi connectivity index (χ0) is 22.2. The fourth-order valence-corrected chi connectivity index (χ4v) is 6.53. The van der Waals surface area contributed by atoms with Crippen molar-refractivity contribution in [2.75, 3.05) is 0 Å². The smallest absolute Gasteiger partial charge is 0.263 e. The molecule has 0 saturated heterocycles. The maximum absolute atomic E-state index is 13.5. The van der Waals surface area contributed by atoms with Crippen molar-refractivity contribution in [2.45, 2.75) is 56.5 Å². The average Bonchev–Trinajstić information content (AvgIpc) is 2.96. The van der Waals surface area contributed by atoms with E-state index in [1.165, 1.54) is 35.0 Å². The number of H-pyrrole nitrogens is 1. The molecule has 1 N–H and O–H groups in total. The lowest BCUT2D eigenvalue weighted by Gasteiger charge is -2.11. The highest BCUT2D eigenvalue weighted by atomic mass is 32.2. The van der Waals surface area contributed by atoms with Gasteiger partial charge in [0.2, 0.25) is 0 Å². The molecule has 0 atom stereocenters. The van der Waals surface area contributed by atoms with Crippen molar-refractivity contribution >= 4 is 44.2 Å². The number of nitrogens with zero attached hydrogens (tertiary/aromatic N) is 3. The third kappa shape index (κ3) is 3.71. The molecule has 0 bridgehead atoms. The number of benzene rings is 1. The molecule has 1 aliphatic rings. The molecule has 0 fully saturated rings. The van der Waals surface area contributed by atoms with Gasteiger partial charge in [-0.2, -0.15) is 0 Å². The number of hydrogen-bond acceptors (Lipinski definition) is 6. The van der Waals surface area contributed by atoms with Gasteiger partial charge in [0, 0.05) is 11.4 Å². The van der Waals surface area contributed by atoms with E-state index in [-0.39, 0.29) is 11.1 Å². The first-order valence-electron chi connectivity index (χ1n) is 10.8. The Morgan fingerprint density at radius 2 is 2.06 bits per heavy atom. The highest BCUT2D eigenvalue weighted by molar-refractivity contribution is 7.98. The van der Waals surface area contributed by atoms with Crippen molar-refractivity contribution < 1.29 is 0 Å². The summed E-state index contributed by atoms with van der Waals surface area (Å²) in [5.41, 5.74) is 2.73. The van der Waals surface area contributed by atoms with Crippen LogP contribution in [0.2, 0.25) is 0 Å². The monoisotopic (exact) mass is 464 g/mol. The van der Waals surface area contributed by atoms with Gasteiger partial charge in [0.05, 0.1) is 22.0 Å². The van der Waals surface area contributed by atoms with Gasteiger partial charge >= 0.3 is 0 Å². The summed E-state index contributed by atoms with van der Waals surface area (Å²) in [5.74, 6) is 0.989. The molecule has 0 radical (unpaired) electrons. The summed E-state index contributed by atoms with van der Waals surface area (Å²) in [5, 5.41) is 2.00. The number of hydrogen-bond donors (Lipinski definition) is 1. The van der Waals surface area contributed by atoms with Crippen LogP contribution in [0.15, 0.2) is 45.6 Å². The van der Waals surface area contributed by atoms with Gasteiger partial charge in [-0.25, -0.2) is 9.97 Å². The average molecular weight is 465 g/mol. The summed E-state index contributed by atoms with van der Waals surface area (Å²) in [6.07, 6.45) is 7.21. The summed E-state index contributed by atoms with van der Waals surface area (Å²) in [6, 6.07) is 5.59. The number of nitrogens with one attached hydrogen (secondary N) is 1. The number of thiophene rings is 1. The van der Waals surface area contributed by atoms with Crippen LogP contribution in [-0.4, -0.2) is 19.5 Å². The van der Waals surface area contributed by atoms with Crippen LogP contribution in [0.3, 0.4) is 0 Å². The van der Waals surface area contributed by atoms with E-state index >= 15 is 0 Å². The summed E-state index contributed by atoms with van der Waals surface area (Å²) in [6.45, 7) is 6.17. The van der Waals surface area contributed by atoms with Crippen molar-refractivity contribution in [2.24, 2.45) is 0 Å². The molecule has 5 rings (SSSR count). The summed E-state index contributed by atoms with van der Waals surface area (Å²) in [7, 11) is 0. The molecule has 3 heterocycles. The Kier molecular flexibility index (Phi) is 5.73. The molecular weight excluding hydrogens is 440 g/mol. The van der Waals surface area contributed by atoms with Crippen molar-refractivity contribution in [1.29, 1.82) is 0 Å². The Hall–Kier alpha value is -2.71. The quantitative estimate of drug-likeness (QED) is 0.200. The van der Waals surface area contributed by atoms with Gasteiger partial charge in [-0.3, -0.25) is 14.2 Å². The van der Waals surface area contributed by atoms with E-state index in [4.69, 9.17) is 4.98 Å². The van der Waals surface area contributed by atoms with Crippen molar-refractivity contribution in [3.05, 3.63) is 73.4 Å². The minimum atomic E-state index is -0.150. The Morgan fingerprint density at radius 3 is 2.91 bits per heavy atom. The maximum Gasteiger partial charge on any atom is 0.263 e. The van der Waals surface area contributed by atoms with Gasteiger partial charge in [0.1, 0.15) is 10.7 Å². The Balaban J connectivity index is 1.55. The van der Waals surface area contributed by atoms with Crippen LogP contribution in [0.25, 0.3) is 21.1 Å². The SMILES string of the molecule is C=CCn1c(SCc2nc3c(C)cccc3c(=O)[nH]2)nc2sc3c(c2c1=O)CCCCC3. The molecule has 0 amide bonds. The third-order valence-electron chi connectivity index (χ3n) is 5.93. The number of para-hydroxylation sites is 1. The highest BCUT2D eigenvalue weighted by Gasteiger charge is 2.21. The highest BCUT2D eigenvalue weighted by Crippen LogP contribution is 2.34. The summed E-state index contributed by atoms with van der Waals surface area (Å²) >= 11 is 3.08. The van der Waals surface area contributed by atoms with Crippen molar-refractivity contribution in [1.82, 2.24) is 19.5 Å². The molecule has 0 unspecified atom stereocenters. The van der Waals surface area contributed by atoms with Gasteiger partial charge in [0.15, 0.2) is 5.16 Å². The van der Waals surface area contributed by atoms with E-state index in [0.29, 0.717) is 34.2 Å². The summed E-state index contributed by atoms with van der Waals surface area (Å²) < 4.78 is 1.70. The van der Waals surface area contributed by atoms with Crippen molar-refractivity contribution in [3.63, 3.8) is 0 Å². The Morgan fingerprint density at radius 1 is 1.22 bits per heavy atom. The second-order valence-electron chi connectivity index (χ2n) is 8.12. The number of thioether (sulfide) groups is 1. The lowest BCUT2D eigenvalue weighted by Crippen LogP contribution is -2.23. The number of aromatic amines is 1. The Bertz CT molecular complexity index is 1470. The normalized spacial score (nSPS) is 13.9. The van der Waals surface area contributed by atoms with Gasteiger partial charge in [-0.15, -0.1) is 17.9 Å². The second-order valence-corrected chi connectivity index (χ2v) is 10.1. The molecule has 8 heteroatoms. The first-order chi connectivity index (χ1) is 15.6. The third-order valence-corrected chi connectivity index (χ3v) is 8.10. The zero-order valence-electron chi connectivity index (χ0n) is 17.9. The van der Waals surface area contributed by atoms with Crippen LogP contribution < -0.4 is 11.1 Å². The predicted molar refractivity (Wildman–Crippen MR) is 132 cm³/mol. The van der Waals surface area contributed by atoms with Gasteiger partial charge in [-0.05, 0) is 49.8 Å². The Labute approximate surface area is 193 Å². The fraction of sp³-hybridized carbons (Fsp3) is 0.333. The van der Waals surface area contributed by atoms with Crippen molar-refractivity contribution in [3.8, 4) is 0 Å². The molecule has 32 heavy (non-hydrogen) atoms. The number of fused-ring (bicyclic) bond motifs is 4. The topological polar surface area (TPSA) is 80.6 Å². The molecule has 6 nitrogen and oxygen atoms in total. The molecule has 0 aliphatic heterocycles.